The predicted molar refractivity (Wildman–Crippen MR) is 43.9 cm³/mol. The van der Waals surface area contributed by atoms with Crippen molar-refractivity contribution >= 4 is 5.97 Å². The van der Waals surface area contributed by atoms with E-state index < -0.39 is 5.97 Å². The molecule has 0 bridgehead atoms. The van der Waals surface area contributed by atoms with E-state index in [9.17, 15) is 4.79 Å². The van der Waals surface area contributed by atoms with E-state index in [1.807, 2.05) is 13.0 Å². The summed E-state index contributed by atoms with van der Waals surface area (Å²) in [5.41, 5.74) is 1.95. The van der Waals surface area contributed by atoms with E-state index >= 15 is 0 Å². The van der Waals surface area contributed by atoms with Crippen molar-refractivity contribution in [1.82, 2.24) is 10.2 Å². The fraction of sp³-hybridized carbons (Fsp3) is 0.500. The molecule has 1 aromatic heterocycles. The third-order valence-corrected chi connectivity index (χ3v) is 1.58. The molecule has 0 amide bonds. The van der Waals surface area contributed by atoms with Crippen LogP contribution in [-0.4, -0.2) is 21.3 Å². The van der Waals surface area contributed by atoms with Crippen LogP contribution in [0.3, 0.4) is 0 Å². The first-order valence-corrected chi connectivity index (χ1v) is 3.91. The minimum Gasteiger partial charge on any atom is -0.481 e. The zero-order valence-electron chi connectivity index (χ0n) is 7.00. The molecule has 1 rings (SSSR count). The van der Waals surface area contributed by atoms with Crippen LogP contribution < -0.4 is 0 Å². The summed E-state index contributed by atoms with van der Waals surface area (Å²) in [7, 11) is 0. The summed E-state index contributed by atoms with van der Waals surface area (Å²) in [6, 6.07) is 1.93. The van der Waals surface area contributed by atoms with Crippen molar-refractivity contribution in [2.24, 2.45) is 0 Å². The minimum absolute atomic E-state index is 0.214. The molecule has 0 fully saturated rings. The smallest absolute Gasteiger partial charge is 0.303 e. The summed E-state index contributed by atoms with van der Waals surface area (Å²) in [4.78, 5) is 10.2. The van der Waals surface area contributed by atoms with Gasteiger partial charge in [-0.1, -0.05) is 0 Å². The van der Waals surface area contributed by atoms with Crippen LogP contribution in [0.25, 0.3) is 0 Å². The van der Waals surface area contributed by atoms with Crippen LogP contribution in [0.15, 0.2) is 6.07 Å². The molecule has 1 aromatic rings. The van der Waals surface area contributed by atoms with E-state index in [2.05, 4.69) is 10.2 Å². The SMILES string of the molecule is Cc1cc(CCCC(=O)O)n[nH]1. The summed E-state index contributed by atoms with van der Waals surface area (Å²) in [5.74, 6) is -0.748. The number of carbonyl (C=O) groups is 1. The van der Waals surface area contributed by atoms with Gasteiger partial charge in [-0.05, 0) is 25.8 Å². The van der Waals surface area contributed by atoms with Crippen molar-refractivity contribution < 1.29 is 9.90 Å². The molecular weight excluding hydrogens is 156 g/mol. The second-order valence-corrected chi connectivity index (χ2v) is 2.79. The van der Waals surface area contributed by atoms with Gasteiger partial charge in [0.1, 0.15) is 0 Å². The Labute approximate surface area is 70.6 Å². The number of aryl methyl sites for hydroxylation is 2. The van der Waals surface area contributed by atoms with Crippen molar-refractivity contribution in [3.05, 3.63) is 17.5 Å². The summed E-state index contributed by atoms with van der Waals surface area (Å²) >= 11 is 0. The minimum atomic E-state index is -0.748. The van der Waals surface area contributed by atoms with Crippen LogP contribution in [0, 0.1) is 6.92 Å². The van der Waals surface area contributed by atoms with Crippen LogP contribution >= 0.6 is 0 Å². The Morgan fingerprint density at radius 1 is 1.75 bits per heavy atom. The molecule has 0 aliphatic heterocycles. The number of carboxylic acid groups (broad SMARTS) is 1. The number of nitrogens with one attached hydrogen (secondary N) is 1. The first-order valence-electron chi connectivity index (χ1n) is 3.91. The molecule has 0 unspecified atom stereocenters. The van der Waals surface area contributed by atoms with Gasteiger partial charge in [0.25, 0.3) is 0 Å². The van der Waals surface area contributed by atoms with E-state index in [0.29, 0.717) is 6.42 Å². The molecule has 0 aromatic carbocycles. The van der Waals surface area contributed by atoms with Crippen molar-refractivity contribution in [3.63, 3.8) is 0 Å². The molecular formula is C8H12N2O2. The fourth-order valence-electron chi connectivity index (χ4n) is 1.02. The van der Waals surface area contributed by atoms with Gasteiger partial charge in [-0.2, -0.15) is 5.10 Å². The first kappa shape index (κ1) is 8.77. The third kappa shape index (κ3) is 2.74. The topological polar surface area (TPSA) is 66.0 Å². The quantitative estimate of drug-likeness (QED) is 0.708. The molecule has 0 saturated heterocycles. The van der Waals surface area contributed by atoms with Crippen molar-refractivity contribution in [2.45, 2.75) is 26.2 Å². The Kier molecular flexibility index (Phi) is 2.85. The van der Waals surface area contributed by atoms with Gasteiger partial charge >= 0.3 is 5.97 Å². The lowest BCUT2D eigenvalue weighted by atomic mass is 10.2. The zero-order chi connectivity index (χ0) is 8.97. The first-order chi connectivity index (χ1) is 5.68. The van der Waals surface area contributed by atoms with E-state index in [0.717, 1.165) is 17.8 Å². The van der Waals surface area contributed by atoms with E-state index in [1.54, 1.807) is 0 Å². The average molecular weight is 168 g/mol. The van der Waals surface area contributed by atoms with Gasteiger partial charge < -0.3 is 5.11 Å². The lowest BCUT2D eigenvalue weighted by Gasteiger charge is -1.91. The van der Waals surface area contributed by atoms with Gasteiger partial charge in [-0.3, -0.25) is 9.89 Å². The predicted octanol–water partition coefficient (Wildman–Crippen LogP) is 1.13. The molecule has 66 valence electrons. The number of aliphatic carboxylic acids is 1. The van der Waals surface area contributed by atoms with Crippen LogP contribution in [0.1, 0.15) is 24.2 Å². The highest BCUT2D eigenvalue weighted by Gasteiger charge is 2.00. The normalized spacial score (nSPS) is 10.1. The average Bonchev–Trinajstić information content (AvgIpc) is 2.35. The Balaban J connectivity index is 2.29. The molecule has 0 atom stereocenters. The van der Waals surface area contributed by atoms with Gasteiger partial charge in [0.05, 0.1) is 5.69 Å². The van der Waals surface area contributed by atoms with Crippen molar-refractivity contribution in [3.8, 4) is 0 Å². The van der Waals surface area contributed by atoms with Gasteiger partial charge in [-0.25, -0.2) is 0 Å². The second kappa shape index (κ2) is 3.90. The molecule has 4 nitrogen and oxygen atoms in total. The highest BCUT2D eigenvalue weighted by Crippen LogP contribution is 2.02. The highest BCUT2D eigenvalue weighted by atomic mass is 16.4. The van der Waals surface area contributed by atoms with Crippen molar-refractivity contribution in [1.29, 1.82) is 0 Å². The number of aromatic nitrogens is 2. The van der Waals surface area contributed by atoms with E-state index in [-0.39, 0.29) is 6.42 Å². The van der Waals surface area contributed by atoms with Crippen LogP contribution in [-0.2, 0) is 11.2 Å². The highest BCUT2D eigenvalue weighted by molar-refractivity contribution is 5.66. The Bertz CT molecular complexity index is 268. The monoisotopic (exact) mass is 168 g/mol. The molecule has 12 heavy (non-hydrogen) atoms. The molecule has 0 aliphatic rings. The van der Waals surface area contributed by atoms with Gasteiger partial charge in [0, 0.05) is 12.1 Å². The molecule has 2 N–H and O–H groups in total. The van der Waals surface area contributed by atoms with Crippen molar-refractivity contribution in [2.75, 3.05) is 0 Å². The van der Waals surface area contributed by atoms with E-state index in [1.165, 1.54) is 0 Å². The van der Waals surface area contributed by atoms with Crippen LogP contribution in [0.2, 0.25) is 0 Å². The number of carboxylic acids is 1. The number of hydrogen-bond donors (Lipinski definition) is 2. The molecule has 1 heterocycles. The maximum absolute atomic E-state index is 10.2. The molecule has 0 spiro atoms. The van der Waals surface area contributed by atoms with Gasteiger partial charge in [0.2, 0.25) is 0 Å². The summed E-state index contributed by atoms with van der Waals surface area (Å²) < 4.78 is 0. The number of rotatable bonds is 4. The maximum atomic E-state index is 10.2. The lowest BCUT2D eigenvalue weighted by Crippen LogP contribution is -1.95. The molecule has 0 aliphatic carbocycles. The zero-order valence-corrected chi connectivity index (χ0v) is 7.00. The summed E-state index contributed by atoms with van der Waals surface area (Å²) in [6.07, 6.45) is 1.60. The number of H-pyrrole nitrogens is 1. The summed E-state index contributed by atoms with van der Waals surface area (Å²) in [5, 5.41) is 15.2. The standard InChI is InChI=1S/C8H12N2O2/c1-6-5-7(10-9-6)3-2-4-8(11)12/h5H,2-4H2,1H3,(H,9,10)(H,11,12). The van der Waals surface area contributed by atoms with Gasteiger partial charge in [0.15, 0.2) is 0 Å². The van der Waals surface area contributed by atoms with Crippen LogP contribution in [0.4, 0.5) is 0 Å². The Hall–Kier alpha value is -1.32. The maximum Gasteiger partial charge on any atom is 0.303 e. The Morgan fingerprint density at radius 3 is 3.00 bits per heavy atom. The van der Waals surface area contributed by atoms with Gasteiger partial charge in [-0.15, -0.1) is 0 Å². The van der Waals surface area contributed by atoms with Crippen LogP contribution in [0.5, 0.6) is 0 Å². The second-order valence-electron chi connectivity index (χ2n) is 2.79. The number of nitrogens with zero attached hydrogens (tertiary/aromatic N) is 1. The molecule has 0 radical (unpaired) electrons. The molecule has 4 heteroatoms. The summed E-state index contributed by atoms with van der Waals surface area (Å²) in [6.45, 7) is 1.92. The lowest BCUT2D eigenvalue weighted by molar-refractivity contribution is -0.137. The third-order valence-electron chi connectivity index (χ3n) is 1.58. The fourth-order valence-corrected chi connectivity index (χ4v) is 1.02. The molecule has 0 saturated carbocycles. The van der Waals surface area contributed by atoms with E-state index in [4.69, 9.17) is 5.11 Å². The Morgan fingerprint density at radius 2 is 2.50 bits per heavy atom. The number of aromatic amines is 1. The number of hydrogen-bond acceptors (Lipinski definition) is 2. The largest absolute Gasteiger partial charge is 0.481 e.